The van der Waals surface area contributed by atoms with E-state index in [0.717, 1.165) is 5.01 Å². The Balaban J connectivity index is 2.33. The van der Waals surface area contributed by atoms with Gasteiger partial charge in [0.2, 0.25) is 0 Å². The third kappa shape index (κ3) is 1.65. The number of hydrogen-bond acceptors (Lipinski definition) is 4. The van der Waals surface area contributed by atoms with Crippen LogP contribution in [-0.4, -0.2) is 21.3 Å². The van der Waals surface area contributed by atoms with E-state index in [2.05, 4.69) is 31.0 Å². The van der Waals surface area contributed by atoms with Crippen LogP contribution in [0.4, 0.5) is 0 Å². The van der Waals surface area contributed by atoms with Gasteiger partial charge in [-0.05, 0) is 12.8 Å². The quantitative estimate of drug-likeness (QED) is 0.837. The highest BCUT2D eigenvalue weighted by molar-refractivity contribution is 7.11. The van der Waals surface area contributed by atoms with Crippen LogP contribution in [-0.2, 0) is 15.6 Å². The standard InChI is InChI=1S/C10H14N2O2S/c1-9(2,3)6-11-12-7(15-6)10(4-5-10)8(13)14/h4-5H2,1-3H3,(H,13,14). The predicted octanol–water partition coefficient (Wildman–Crippen LogP) is 1.95. The second-order valence-electron chi connectivity index (χ2n) is 5.05. The molecule has 0 spiro atoms. The molecule has 0 unspecified atom stereocenters. The van der Waals surface area contributed by atoms with E-state index in [1.165, 1.54) is 11.3 Å². The van der Waals surface area contributed by atoms with Crippen LogP contribution in [0.25, 0.3) is 0 Å². The Morgan fingerprint density at radius 2 is 2.00 bits per heavy atom. The van der Waals surface area contributed by atoms with Crippen molar-refractivity contribution >= 4 is 17.3 Å². The van der Waals surface area contributed by atoms with Crippen molar-refractivity contribution < 1.29 is 9.90 Å². The summed E-state index contributed by atoms with van der Waals surface area (Å²) in [6.45, 7) is 6.16. The van der Waals surface area contributed by atoms with Crippen LogP contribution < -0.4 is 0 Å². The molecule has 4 nitrogen and oxygen atoms in total. The van der Waals surface area contributed by atoms with Gasteiger partial charge in [0.05, 0.1) is 0 Å². The molecule has 0 bridgehead atoms. The van der Waals surface area contributed by atoms with E-state index in [1.807, 2.05) is 0 Å². The zero-order chi connectivity index (χ0) is 11.3. The lowest BCUT2D eigenvalue weighted by molar-refractivity contribution is -0.140. The highest BCUT2D eigenvalue weighted by Gasteiger charge is 2.55. The molecule has 2 rings (SSSR count). The minimum atomic E-state index is -0.765. The monoisotopic (exact) mass is 226 g/mol. The van der Waals surface area contributed by atoms with Crippen molar-refractivity contribution in [3.8, 4) is 0 Å². The predicted molar refractivity (Wildman–Crippen MR) is 57.2 cm³/mol. The van der Waals surface area contributed by atoms with Gasteiger partial charge in [0.1, 0.15) is 15.4 Å². The molecule has 1 heterocycles. The van der Waals surface area contributed by atoms with Crippen LogP contribution in [0.3, 0.4) is 0 Å². The number of carbonyl (C=O) groups is 1. The van der Waals surface area contributed by atoms with Crippen LogP contribution >= 0.6 is 11.3 Å². The average Bonchev–Trinajstić information content (AvgIpc) is 2.75. The fourth-order valence-corrected chi connectivity index (χ4v) is 2.50. The van der Waals surface area contributed by atoms with Crippen LogP contribution in [0, 0.1) is 0 Å². The molecule has 1 fully saturated rings. The highest BCUT2D eigenvalue weighted by Crippen LogP contribution is 2.49. The van der Waals surface area contributed by atoms with Crippen molar-refractivity contribution in [2.45, 2.75) is 44.4 Å². The van der Waals surface area contributed by atoms with Gasteiger partial charge in [-0.3, -0.25) is 4.79 Å². The smallest absolute Gasteiger partial charge is 0.316 e. The van der Waals surface area contributed by atoms with Gasteiger partial charge in [0.15, 0.2) is 0 Å². The molecule has 15 heavy (non-hydrogen) atoms. The number of aliphatic carboxylic acids is 1. The first-order chi connectivity index (χ1) is 6.86. The molecule has 0 atom stereocenters. The Kier molecular flexibility index (Phi) is 2.12. The lowest BCUT2D eigenvalue weighted by Gasteiger charge is -2.12. The first kappa shape index (κ1) is 10.5. The van der Waals surface area contributed by atoms with E-state index in [1.54, 1.807) is 0 Å². The maximum absolute atomic E-state index is 11.1. The number of carboxylic acids is 1. The molecule has 1 aromatic rings. The van der Waals surface area contributed by atoms with E-state index < -0.39 is 11.4 Å². The first-order valence-electron chi connectivity index (χ1n) is 4.94. The minimum absolute atomic E-state index is 0.0511. The first-order valence-corrected chi connectivity index (χ1v) is 5.76. The lowest BCUT2D eigenvalue weighted by atomic mass is 9.98. The number of nitrogens with zero attached hydrogens (tertiary/aromatic N) is 2. The van der Waals surface area contributed by atoms with E-state index in [0.29, 0.717) is 17.8 Å². The largest absolute Gasteiger partial charge is 0.481 e. The van der Waals surface area contributed by atoms with Crippen molar-refractivity contribution in [2.24, 2.45) is 0 Å². The molecule has 1 aliphatic carbocycles. The van der Waals surface area contributed by atoms with Gasteiger partial charge in [0.25, 0.3) is 0 Å². The summed E-state index contributed by atoms with van der Waals surface area (Å²) >= 11 is 1.43. The van der Waals surface area contributed by atoms with E-state index >= 15 is 0 Å². The fraction of sp³-hybridized carbons (Fsp3) is 0.700. The number of carboxylic acid groups (broad SMARTS) is 1. The van der Waals surface area contributed by atoms with Gasteiger partial charge >= 0.3 is 5.97 Å². The summed E-state index contributed by atoms with van der Waals surface area (Å²) in [6, 6.07) is 0. The summed E-state index contributed by atoms with van der Waals surface area (Å²) in [6.07, 6.45) is 1.39. The number of hydrogen-bond donors (Lipinski definition) is 1. The molecule has 1 aromatic heterocycles. The van der Waals surface area contributed by atoms with Crippen molar-refractivity contribution in [3.05, 3.63) is 10.0 Å². The molecule has 1 N–H and O–H groups in total. The van der Waals surface area contributed by atoms with Crippen molar-refractivity contribution in [3.63, 3.8) is 0 Å². The molecule has 82 valence electrons. The molecular formula is C10H14N2O2S. The summed E-state index contributed by atoms with van der Waals surface area (Å²) in [4.78, 5) is 11.1. The zero-order valence-electron chi connectivity index (χ0n) is 9.07. The molecule has 0 saturated heterocycles. The molecule has 0 aromatic carbocycles. The van der Waals surface area contributed by atoms with Crippen molar-refractivity contribution in [1.82, 2.24) is 10.2 Å². The third-order valence-corrected chi connectivity index (χ3v) is 4.19. The lowest BCUT2D eigenvalue weighted by Crippen LogP contribution is -2.19. The summed E-state index contributed by atoms with van der Waals surface area (Å²) in [5, 5.41) is 18.8. The van der Waals surface area contributed by atoms with Gasteiger partial charge < -0.3 is 5.11 Å². The summed E-state index contributed by atoms with van der Waals surface area (Å²) < 4.78 is 0. The Bertz CT molecular complexity index is 402. The minimum Gasteiger partial charge on any atom is -0.481 e. The normalized spacial score (nSPS) is 18.9. The zero-order valence-corrected chi connectivity index (χ0v) is 9.89. The van der Waals surface area contributed by atoms with E-state index in [9.17, 15) is 4.79 Å². The van der Waals surface area contributed by atoms with Gasteiger partial charge in [-0.2, -0.15) is 0 Å². The Hall–Kier alpha value is -0.970. The molecule has 0 amide bonds. The Morgan fingerprint density at radius 3 is 2.33 bits per heavy atom. The second-order valence-corrected chi connectivity index (χ2v) is 6.03. The van der Waals surface area contributed by atoms with Crippen LogP contribution in [0.1, 0.15) is 43.6 Å². The van der Waals surface area contributed by atoms with Gasteiger partial charge in [-0.1, -0.05) is 32.1 Å². The van der Waals surface area contributed by atoms with Gasteiger partial charge in [-0.15, -0.1) is 10.2 Å². The Labute approximate surface area is 92.3 Å². The van der Waals surface area contributed by atoms with E-state index in [4.69, 9.17) is 5.11 Å². The molecule has 0 radical (unpaired) electrons. The molecule has 1 saturated carbocycles. The summed E-state index contributed by atoms with van der Waals surface area (Å²) in [5.74, 6) is -0.765. The second kappa shape index (κ2) is 3.01. The third-order valence-electron chi connectivity index (χ3n) is 2.64. The SMILES string of the molecule is CC(C)(C)c1nnc(C2(C(=O)O)CC2)s1. The Morgan fingerprint density at radius 1 is 1.40 bits per heavy atom. The van der Waals surface area contributed by atoms with Crippen LogP contribution in [0.15, 0.2) is 0 Å². The summed E-state index contributed by atoms with van der Waals surface area (Å²) in [7, 11) is 0. The fourth-order valence-electron chi connectivity index (χ4n) is 1.36. The maximum Gasteiger partial charge on any atom is 0.316 e. The number of rotatable bonds is 2. The van der Waals surface area contributed by atoms with Crippen molar-refractivity contribution in [2.75, 3.05) is 0 Å². The molecule has 5 heteroatoms. The van der Waals surface area contributed by atoms with Crippen LogP contribution in [0.5, 0.6) is 0 Å². The van der Waals surface area contributed by atoms with Crippen molar-refractivity contribution in [1.29, 1.82) is 0 Å². The molecular weight excluding hydrogens is 212 g/mol. The van der Waals surface area contributed by atoms with Gasteiger partial charge in [0, 0.05) is 5.41 Å². The number of aromatic nitrogens is 2. The molecule has 1 aliphatic rings. The molecule has 0 aliphatic heterocycles. The topological polar surface area (TPSA) is 63.1 Å². The van der Waals surface area contributed by atoms with Gasteiger partial charge in [-0.25, -0.2) is 0 Å². The van der Waals surface area contributed by atoms with E-state index in [-0.39, 0.29) is 5.41 Å². The summed E-state index contributed by atoms with van der Waals surface area (Å²) in [5.41, 5.74) is -0.758. The highest BCUT2D eigenvalue weighted by atomic mass is 32.1. The average molecular weight is 226 g/mol. The maximum atomic E-state index is 11.1. The van der Waals surface area contributed by atoms with Crippen LogP contribution in [0.2, 0.25) is 0 Å².